The van der Waals surface area contributed by atoms with Crippen molar-refractivity contribution in [3.8, 4) is 5.75 Å². The van der Waals surface area contributed by atoms with E-state index < -0.39 is 11.4 Å². The lowest BCUT2D eigenvalue weighted by Crippen LogP contribution is -2.21. The number of hydrogen-bond acceptors (Lipinski definition) is 2. The Kier molecular flexibility index (Phi) is 3.03. The first-order valence-electron chi connectivity index (χ1n) is 5.81. The molecule has 4 nitrogen and oxygen atoms in total. The first kappa shape index (κ1) is 12.5. The number of carboxylic acids is 1. The van der Waals surface area contributed by atoms with Crippen LogP contribution >= 0.6 is 0 Å². The van der Waals surface area contributed by atoms with Crippen LogP contribution in [0.25, 0.3) is 10.9 Å². The summed E-state index contributed by atoms with van der Waals surface area (Å²) in [7, 11) is 1.62. The minimum Gasteiger partial charge on any atom is -0.497 e. The second-order valence-electron chi connectivity index (χ2n) is 5.07. The topological polar surface area (TPSA) is 62.3 Å². The Labute approximate surface area is 106 Å². The number of nitrogens with one attached hydrogen (secondary N) is 1. The Morgan fingerprint density at radius 1 is 1.44 bits per heavy atom. The van der Waals surface area contributed by atoms with E-state index in [1.165, 1.54) is 0 Å². The zero-order valence-corrected chi connectivity index (χ0v) is 10.8. The van der Waals surface area contributed by atoms with Gasteiger partial charge in [-0.3, -0.25) is 4.79 Å². The molecule has 0 aliphatic rings. The van der Waals surface area contributed by atoms with Crippen LogP contribution in [0, 0.1) is 0 Å². The van der Waals surface area contributed by atoms with Gasteiger partial charge in [0, 0.05) is 22.5 Å². The van der Waals surface area contributed by atoms with Gasteiger partial charge < -0.3 is 14.8 Å². The Bertz CT molecular complexity index is 584. The zero-order chi connectivity index (χ0) is 13.3. The quantitative estimate of drug-likeness (QED) is 0.873. The SMILES string of the molecule is COc1ccc2[nH]cc(C(C)(C)CC(=O)O)c2c1. The van der Waals surface area contributed by atoms with Crippen LogP contribution in [-0.4, -0.2) is 23.2 Å². The lowest BCUT2D eigenvalue weighted by atomic mass is 9.81. The summed E-state index contributed by atoms with van der Waals surface area (Å²) in [6.07, 6.45) is 1.98. The van der Waals surface area contributed by atoms with Crippen LogP contribution in [-0.2, 0) is 10.2 Å². The van der Waals surface area contributed by atoms with Gasteiger partial charge in [0.15, 0.2) is 0 Å². The maximum Gasteiger partial charge on any atom is 0.304 e. The van der Waals surface area contributed by atoms with E-state index in [0.717, 1.165) is 22.2 Å². The van der Waals surface area contributed by atoms with Gasteiger partial charge in [0.2, 0.25) is 0 Å². The Hall–Kier alpha value is -1.97. The molecule has 0 atom stereocenters. The third-order valence-corrected chi connectivity index (χ3v) is 3.21. The van der Waals surface area contributed by atoms with Crippen LogP contribution in [0.4, 0.5) is 0 Å². The van der Waals surface area contributed by atoms with E-state index >= 15 is 0 Å². The van der Waals surface area contributed by atoms with Crippen LogP contribution in [0.15, 0.2) is 24.4 Å². The second-order valence-corrected chi connectivity index (χ2v) is 5.07. The number of benzene rings is 1. The maximum atomic E-state index is 10.9. The fourth-order valence-electron chi connectivity index (χ4n) is 2.26. The molecule has 0 aliphatic carbocycles. The lowest BCUT2D eigenvalue weighted by Gasteiger charge is -2.22. The van der Waals surface area contributed by atoms with E-state index in [1.54, 1.807) is 7.11 Å². The molecule has 0 unspecified atom stereocenters. The fraction of sp³-hybridized carbons (Fsp3) is 0.357. The normalized spacial score (nSPS) is 11.7. The molecule has 0 saturated heterocycles. The first-order chi connectivity index (χ1) is 8.44. The monoisotopic (exact) mass is 247 g/mol. The Morgan fingerprint density at radius 3 is 2.78 bits per heavy atom. The number of carbonyl (C=O) groups is 1. The predicted molar refractivity (Wildman–Crippen MR) is 70.1 cm³/mol. The zero-order valence-electron chi connectivity index (χ0n) is 10.8. The van der Waals surface area contributed by atoms with Gasteiger partial charge in [0.05, 0.1) is 13.5 Å². The van der Waals surface area contributed by atoms with Crippen LogP contribution in [0.2, 0.25) is 0 Å². The van der Waals surface area contributed by atoms with E-state index in [-0.39, 0.29) is 6.42 Å². The number of methoxy groups -OCH3 is 1. The van der Waals surface area contributed by atoms with Crippen molar-refractivity contribution in [3.63, 3.8) is 0 Å². The Morgan fingerprint density at radius 2 is 2.17 bits per heavy atom. The molecule has 0 bridgehead atoms. The van der Waals surface area contributed by atoms with Crippen LogP contribution in [0.3, 0.4) is 0 Å². The number of H-pyrrole nitrogens is 1. The second kappa shape index (κ2) is 4.37. The number of aromatic amines is 1. The third-order valence-electron chi connectivity index (χ3n) is 3.21. The first-order valence-corrected chi connectivity index (χ1v) is 5.81. The van der Waals surface area contributed by atoms with Crippen molar-refractivity contribution in [1.82, 2.24) is 4.98 Å². The summed E-state index contributed by atoms with van der Waals surface area (Å²) in [6, 6.07) is 5.76. The van der Waals surface area contributed by atoms with Crippen LogP contribution in [0.5, 0.6) is 5.75 Å². The summed E-state index contributed by atoms with van der Waals surface area (Å²) in [5.74, 6) is -0.0216. The molecule has 1 heterocycles. The highest BCUT2D eigenvalue weighted by molar-refractivity contribution is 5.86. The standard InChI is InChI=1S/C14H17NO3/c1-14(2,7-13(16)17)11-8-15-12-5-4-9(18-3)6-10(11)12/h4-6,8,15H,7H2,1-3H3,(H,16,17). The van der Waals surface area contributed by atoms with Gasteiger partial charge in [-0.25, -0.2) is 0 Å². The summed E-state index contributed by atoms with van der Waals surface area (Å²) in [5, 5.41) is 10.0. The van der Waals surface area contributed by atoms with Gasteiger partial charge in [0.1, 0.15) is 5.75 Å². The average molecular weight is 247 g/mol. The molecule has 4 heteroatoms. The highest BCUT2D eigenvalue weighted by Crippen LogP contribution is 2.34. The van der Waals surface area contributed by atoms with E-state index in [9.17, 15) is 4.79 Å². The van der Waals surface area contributed by atoms with Gasteiger partial charge in [-0.2, -0.15) is 0 Å². The molecule has 96 valence electrons. The van der Waals surface area contributed by atoms with Crippen molar-refractivity contribution in [1.29, 1.82) is 0 Å². The summed E-state index contributed by atoms with van der Waals surface area (Å²) >= 11 is 0. The van der Waals surface area contributed by atoms with Crippen molar-refractivity contribution in [2.24, 2.45) is 0 Å². The highest BCUT2D eigenvalue weighted by atomic mass is 16.5. The molecule has 0 fully saturated rings. The molecule has 1 aromatic heterocycles. The van der Waals surface area contributed by atoms with E-state index in [2.05, 4.69) is 4.98 Å². The number of carboxylic acid groups (broad SMARTS) is 1. The van der Waals surface area contributed by atoms with Crippen LogP contribution in [0.1, 0.15) is 25.8 Å². The van der Waals surface area contributed by atoms with Crippen molar-refractivity contribution in [2.45, 2.75) is 25.7 Å². The molecule has 2 rings (SSSR count). The highest BCUT2D eigenvalue weighted by Gasteiger charge is 2.27. The summed E-state index contributed by atoms with van der Waals surface area (Å²) in [6.45, 7) is 3.87. The van der Waals surface area contributed by atoms with E-state index in [1.807, 2.05) is 38.2 Å². The molecule has 1 aromatic carbocycles. The average Bonchev–Trinajstić information content (AvgIpc) is 2.70. The molecular formula is C14H17NO3. The minimum atomic E-state index is -0.794. The lowest BCUT2D eigenvalue weighted by molar-refractivity contribution is -0.138. The smallest absolute Gasteiger partial charge is 0.304 e. The van der Waals surface area contributed by atoms with Gasteiger partial charge in [-0.05, 0) is 23.8 Å². The summed E-state index contributed by atoms with van der Waals surface area (Å²) in [5.41, 5.74) is 1.57. The summed E-state index contributed by atoms with van der Waals surface area (Å²) in [4.78, 5) is 14.1. The molecule has 18 heavy (non-hydrogen) atoms. The molecule has 0 spiro atoms. The molecule has 0 aliphatic heterocycles. The van der Waals surface area contributed by atoms with E-state index in [0.29, 0.717) is 0 Å². The number of ether oxygens (including phenoxy) is 1. The molecule has 2 aromatic rings. The van der Waals surface area contributed by atoms with Gasteiger partial charge in [-0.1, -0.05) is 13.8 Å². The van der Waals surface area contributed by atoms with Gasteiger partial charge >= 0.3 is 5.97 Å². The fourth-order valence-corrected chi connectivity index (χ4v) is 2.26. The number of hydrogen-bond donors (Lipinski definition) is 2. The number of rotatable bonds is 4. The molecule has 0 radical (unpaired) electrons. The predicted octanol–water partition coefficient (Wildman–Crippen LogP) is 2.93. The molecule has 0 saturated carbocycles. The van der Waals surface area contributed by atoms with Crippen molar-refractivity contribution in [2.75, 3.05) is 7.11 Å². The van der Waals surface area contributed by atoms with Crippen molar-refractivity contribution in [3.05, 3.63) is 30.0 Å². The molecule has 0 amide bonds. The van der Waals surface area contributed by atoms with Crippen LogP contribution < -0.4 is 4.74 Å². The number of aliphatic carboxylic acids is 1. The van der Waals surface area contributed by atoms with Crippen molar-refractivity contribution >= 4 is 16.9 Å². The largest absolute Gasteiger partial charge is 0.497 e. The summed E-state index contributed by atoms with van der Waals surface area (Å²) < 4.78 is 5.21. The van der Waals surface area contributed by atoms with Gasteiger partial charge in [-0.15, -0.1) is 0 Å². The van der Waals surface area contributed by atoms with E-state index in [4.69, 9.17) is 9.84 Å². The Balaban J connectivity index is 2.53. The third kappa shape index (κ3) is 2.18. The number of fused-ring (bicyclic) bond motifs is 1. The van der Waals surface area contributed by atoms with Crippen molar-refractivity contribution < 1.29 is 14.6 Å². The molecule has 2 N–H and O–H groups in total. The maximum absolute atomic E-state index is 10.9. The number of aromatic nitrogens is 1. The molecular weight excluding hydrogens is 230 g/mol. The minimum absolute atomic E-state index is 0.0944. The van der Waals surface area contributed by atoms with Gasteiger partial charge in [0.25, 0.3) is 0 Å².